The third kappa shape index (κ3) is 2.28. The van der Waals surface area contributed by atoms with Crippen molar-refractivity contribution in [3.05, 3.63) is 5.89 Å². The molecule has 0 aromatic carbocycles. The van der Waals surface area contributed by atoms with Crippen LogP contribution in [0, 0.1) is 0 Å². The second-order valence-electron chi connectivity index (χ2n) is 4.79. The van der Waals surface area contributed by atoms with E-state index in [0.717, 1.165) is 36.4 Å². The van der Waals surface area contributed by atoms with E-state index in [1.807, 2.05) is 11.8 Å². The largest absolute Gasteiger partial charge is 0.338 e. The van der Waals surface area contributed by atoms with Crippen molar-refractivity contribution in [3.8, 4) is 0 Å². The van der Waals surface area contributed by atoms with Crippen LogP contribution in [0.3, 0.4) is 0 Å². The summed E-state index contributed by atoms with van der Waals surface area (Å²) in [6.07, 6.45) is 3.76. The van der Waals surface area contributed by atoms with Gasteiger partial charge in [-0.25, -0.2) is 0 Å². The summed E-state index contributed by atoms with van der Waals surface area (Å²) >= 11 is 1.86. The first-order valence-corrected chi connectivity index (χ1v) is 7.42. The minimum absolute atomic E-state index is 0.162. The molecule has 0 aliphatic carbocycles. The molecule has 3 rings (SSSR count). The number of rotatable bonds is 2. The van der Waals surface area contributed by atoms with Crippen molar-refractivity contribution < 1.29 is 4.52 Å². The van der Waals surface area contributed by atoms with Gasteiger partial charge in [-0.2, -0.15) is 16.7 Å². The Morgan fingerprint density at radius 1 is 1.24 bits per heavy atom. The fourth-order valence-corrected chi connectivity index (χ4v) is 3.71. The molecule has 2 fully saturated rings. The van der Waals surface area contributed by atoms with Crippen molar-refractivity contribution in [2.45, 2.75) is 31.2 Å². The molecule has 0 bridgehead atoms. The molecule has 1 aromatic rings. The first-order valence-electron chi connectivity index (χ1n) is 6.26. The van der Waals surface area contributed by atoms with E-state index in [4.69, 9.17) is 10.3 Å². The van der Waals surface area contributed by atoms with E-state index >= 15 is 0 Å². The van der Waals surface area contributed by atoms with Crippen LogP contribution in [0.15, 0.2) is 4.52 Å². The van der Waals surface area contributed by atoms with Crippen LogP contribution in [-0.4, -0.2) is 40.8 Å². The first kappa shape index (κ1) is 11.3. The molecule has 2 aliphatic rings. The van der Waals surface area contributed by atoms with Crippen LogP contribution in [0.2, 0.25) is 0 Å². The predicted octanol–water partition coefficient (Wildman–Crippen LogP) is 1.22. The van der Waals surface area contributed by atoms with Crippen LogP contribution in [0.4, 0.5) is 5.95 Å². The molecule has 17 heavy (non-hydrogen) atoms. The molecular formula is C11H18N4OS. The highest BCUT2D eigenvalue weighted by atomic mass is 32.2. The van der Waals surface area contributed by atoms with Crippen LogP contribution >= 0.6 is 11.8 Å². The van der Waals surface area contributed by atoms with Crippen molar-refractivity contribution in [3.63, 3.8) is 0 Å². The zero-order valence-electron chi connectivity index (χ0n) is 9.84. The maximum atomic E-state index is 6.04. The molecular weight excluding hydrogens is 236 g/mol. The summed E-state index contributed by atoms with van der Waals surface area (Å²) in [4.78, 5) is 6.73. The fraction of sp³-hybridized carbons (Fsp3) is 0.818. The van der Waals surface area contributed by atoms with Gasteiger partial charge in [0.1, 0.15) is 0 Å². The molecule has 0 radical (unpaired) electrons. The topological polar surface area (TPSA) is 68.2 Å². The average Bonchev–Trinajstić information content (AvgIpc) is 2.98. The van der Waals surface area contributed by atoms with Crippen molar-refractivity contribution in [2.75, 3.05) is 29.5 Å². The van der Waals surface area contributed by atoms with E-state index in [9.17, 15) is 0 Å². The molecule has 0 amide bonds. The van der Waals surface area contributed by atoms with E-state index in [2.05, 4.69) is 15.0 Å². The van der Waals surface area contributed by atoms with Crippen molar-refractivity contribution in [1.82, 2.24) is 10.1 Å². The minimum Gasteiger partial charge on any atom is -0.338 e. The fourth-order valence-electron chi connectivity index (χ4n) is 2.43. The third-order valence-corrected chi connectivity index (χ3v) is 4.73. The number of anilines is 1. The molecule has 2 aliphatic heterocycles. The number of nitrogens with two attached hydrogens (primary N) is 1. The normalized spacial score (nSPS) is 29.8. The average molecular weight is 254 g/mol. The van der Waals surface area contributed by atoms with Crippen molar-refractivity contribution >= 4 is 17.7 Å². The van der Waals surface area contributed by atoms with E-state index in [0.29, 0.717) is 0 Å². The van der Waals surface area contributed by atoms with Gasteiger partial charge in [0, 0.05) is 30.6 Å². The lowest BCUT2D eigenvalue weighted by Gasteiger charge is -2.24. The van der Waals surface area contributed by atoms with Gasteiger partial charge >= 0.3 is 0 Å². The Kier molecular flexibility index (Phi) is 3.24. The van der Waals surface area contributed by atoms with Gasteiger partial charge in [0.05, 0.1) is 5.92 Å². The van der Waals surface area contributed by atoms with Gasteiger partial charge in [-0.05, 0) is 24.4 Å². The number of nitrogens with zero attached hydrogens (tertiary/aromatic N) is 3. The van der Waals surface area contributed by atoms with E-state index in [1.54, 1.807) is 0 Å². The van der Waals surface area contributed by atoms with Gasteiger partial charge in [-0.1, -0.05) is 0 Å². The molecule has 2 saturated heterocycles. The molecule has 0 spiro atoms. The molecule has 5 nitrogen and oxygen atoms in total. The maximum absolute atomic E-state index is 6.04. The van der Waals surface area contributed by atoms with Crippen LogP contribution in [-0.2, 0) is 0 Å². The summed E-state index contributed by atoms with van der Waals surface area (Å²) in [6, 6.07) is 0.162. The Morgan fingerprint density at radius 2 is 2.06 bits per heavy atom. The Balaban J connectivity index is 1.73. The van der Waals surface area contributed by atoms with E-state index in [-0.39, 0.29) is 12.0 Å². The lowest BCUT2D eigenvalue weighted by molar-refractivity contribution is 0.351. The van der Waals surface area contributed by atoms with Crippen LogP contribution in [0.25, 0.3) is 0 Å². The van der Waals surface area contributed by atoms with Gasteiger partial charge in [0.15, 0.2) is 0 Å². The standard InChI is InChI=1S/C11H18N4OS/c12-9-7-17-6-8(9)10-13-11(14-16-10)15-4-2-1-3-5-15/h8-9H,1-7,12H2. The first-order chi connectivity index (χ1) is 8.34. The summed E-state index contributed by atoms with van der Waals surface area (Å²) in [5.74, 6) is 3.72. The van der Waals surface area contributed by atoms with Crippen molar-refractivity contribution in [1.29, 1.82) is 0 Å². The second-order valence-corrected chi connectivity index (χ2v) is 5.86. The van der Waals surface area contributed by atoms with Crippen LogP contribution in [0.5, 0.6) is 0 Å². The Hall–Kier alpha value is -0.750. The Bertz CT molecular complexity index is 377. The van der Waals surface area contributed by atoms with E-state index < -0.39 is 0 Å². The number of hydrogen-bond donors (Lipinski definition) is 1. The van der Waals surface area contributed by atoms with Gasteiger partial charge in [-0.3, -0.25) is 0 Å². The Morgan fingerprint density at radius 3 is 2.76 bits per heavy atom. The van der Waals surface area contributed by atoms with Crippen LogP contribution in [0.1, 0.15) is 31.1 Å². The smallest absolute Gasteiger partial charge is 0.266 e. The zero-order valence-corrected chi connectivity index (χ0v) is 10.7. The quantitative estimate of drug-likeness (QED) is 0.856. The monoisotopic (exact) mass is 254 g/mol. The highest BCUT2D eigenvalue weighted by Gasteiger charge is 2.31. The van der Waals surface area contributed by atoms with Gasteiger partial charge < -0.3 is 15.2 Å². The SMILES string of the molecule is NC1CSCC1c1nc(N2CCCCC2)no1. The summed E-state index contributed by atoms with van der Waals surface area (Å²) < 4.78 is 5.38. The van der Waals surface area contributed by atoms with Gasteiger partial charge in [-0.15, -0.1) is 0 Å². The molecule has 3 heterocycles. The lowest BCUT2D eigenvalue weighted by Crippen LogP contribution is -2.30. The maximum Gasteiger partial charge on any atom is 0.266 e. The molecule has 0 saturated carbocycles. The number of piperidine rings is 1. The second kappa shape index (κ2) is 4.86. The highest BCUT2D eigenvalue weighted by molar-refractivity contribution is 7.99. The number of thioether (sulfide) groups is 1. The summed E-state index contributed by atoms with van der Waals surface area (Å²) in [5.41, 5.74) is 6.04. The van der Waals surface area contributed by atoms with Gasteiger partial charge in [0.2, 0.25) is 5.89 Å². The van der Waals surface area contributed by atoms with Crippen molar-refractivity contribution in [2.24, 2.45) is 5.73 Å². The molecule has 2 N–H and O–H groups in total. The molecule has 2 atom stereocenters. The molecule has 1 aromatic heterocycles. The van der Waals surface area contributed by atoms with E-state index in [1.165, 1.54) is 19.3 Å². The zero-order chi connectivity index (χ0) is 11.7. The number of aromatic nitrogens is 2. The summed E-state index contributed by atoms with van der Waals surface area (Å²) in [5, 5.41) is 4.09. The highest BCUT2D eigenvalue weighted by Crippen LogP contribution is 2.31. The minimum atomic E-state index is 0.162. The summed E-state index contributed by atoms with van der Waals surface area (Å²) in [6.45, 7) is 2.09. The predicted molar refractivity (Wildman–Crippen MR) is 68.4 cm³/mol. The lowest BCUT2D eigenvalue weighted by atomic mass is 10.1. The number of hydrogen-bond acceptors (Lipinski definition) is 6. The van der Waals surface area contributed by atoms with Gasteiger partial charge in [0.25, 0.3) is 5.95 Å². The Labute approximate surface area is 105 Å². The third-order valence-electron chi connectivity index (χ3n) is 3.51. The van der Waals surface area contributed by atoms with Crippen LogP contribution < -0.4 is 10.6 Å². The molecule has 6 heteroatoms. The molecule has 2 unspecified atom stereocenters. The summed E-state index contributed by atoms with van der Waals surface area (Å²) in [7, 11) is 0. The molecule has 94 valence electrons.